The predicted molar refractivity (Wildman–Crippen MR) is 88.8 cm³/mol. The number of piperidine rings is 1. The summed E-state index contributed by atoms with van der Waals surface area (Å²) < 4.78 is 1.81. The van der Waals surface area contributed by atoms with E-state index < -0.39 is 11.5 Å². The molecular weight excluding hydrogens is 306 g/mol. The number of hydrogen-bond acceptors (Lipinski definition) is 5. The molecule has 0 unspecified atom stereocenters. The molecule has 3 aromatic rings. The number of imidazole rings is 1. The molecular formula is C17H17N5O2. The molecule has 2 aromatic heterocycles. The minimum Gasteiger partial charge on any atom is -0.479 e. The van der Waals surface area contributed by atoms with E-state index in [4.69, 9.17) is 0 Å². The van der Waals surface area contributed by atoms with Crippen LogP contribution in [0.25, 0.3) is 11.0 Å². The highest BCUT2D eigenvalue weighted by Crippen LogP contribution is 2.34. The van der Waals surface area contributed by atoms with E-state index in [0.717, 1.165) is 11.0 Å². The topological polar surface area (TPSA) is 84.1 Å². The fourth-order valence-electron chi connectivity index (χ4n) is 3.39. The van der Waals surface area contributed by atoms with Gasteiger partial charge in [-0.2, -0.15) is 0 Å². The number of carboxylic acid groups (broad SMARTS) is 1. The predicted octanol–water partition coefficient (Wildman–Crippen LogP) is 1.91. The van der Waals surface area contributed by atoms with Gasteiger partial charge in [-0.3, -0.25) is 0 Å². The van der Waals surface area contributed by atoms with Gasteiger partial charge < -0.3 is 14.6 Å². The van der Waals surface area contributed by atoms with Crippen molar-refractivity contribution in [2.24, 2.45) is 0 Å². The Balaban J connectivity index is 1.68. The summed E-state index contributed by atoms with van der Waals surface area (Å²) in [5.41, 5.74) is 0.678. The lowest BCUT2D eigenvalue weighted by atomic mass is 9.87. The van der Waals surface area contributed by atoms with Gasteiger partial charge >= 0.3 is 5.97 Å². The maximum Gasteiger partial charge on any atom is 0.330 e. The Bertz CT molecular complexity index is 869. The number of fused-ring (bicyclic) bond motifs is 1. The number of hydrogen-bond donors (Lipinski definition) is 1. The molecule has 1 N–H and O–H groups in total. The van der Waals surface area contributed by atoms with Crippen LogP contribution in [0.1, 0.15) is 12.8 Å². The van der Waals surface area contributed by atoms with Crippen LogP contribution in [0.5, 0.6) is 0 Å². The molecule has 0 atom stereocenters. The summed E-state index contributed by atoms with van der Waals surface area (Å²) in [5, 5.41) is 9.98. The Labute approximate surface area is 138 Å². The van der Waals surface area contributed by atoms with Crippen LogP contribution >= 0.6 is 0 Å². The van der Waals surface area contributed by atoms with Gasteiger partial charge in [0.2, 0.25) is 5.95 Å². The Morgan fingerprint density at radius 2 is 1.75 bits per heavy atom. The summed E-state index contributed by atoms with van der Waals surface area (Å²) >= 11 is 0. The first-order valence-electron chi connectivity index (χ1n) is 7.89. The molecule has 0 amide bonds. The Morgan fingerprint density at radius 3 is 2.46 bits per heavy atom. The molecule has 3 heterocycles. The zero-order valence-corrected chi connectivity index (χ0v) is 13.0. The number of aliphatic carboxylic acids is 1. The van der Waals surface area contributed by atoms with Gasteiger partial charge in [0.05, 0.1) is 17.4 Å². The lowest BCUT2D eigenvalue weighted by Crippen LogP contribution is -2.51. The van der Waals surface area contributed by atoms with Crippen molar-refractivity contribution in [3.63, 3.8) is 0 Å². The van der Waals surface area contributed by atoms with Crippen LogP contribution in [-0.2, 0) is 10.3 Å². The second kappa shape index (κ2) is 5.59. The van der Waals surface area contributed by atoms with Crippen molar-refractivity contribution < 1.29 is 9.90 Å². The van der Waals surface area contributed by atoms with E-state index >= 15 is 0 Å². The number of aromatic nitrogens is 4. The molecule has 1 saturated heterocycles. The third kappa shape index (κ3) is 2.20. The van der Waals surface area contributed by atoms with Crippen molar-refractivity contribution in [1.82, 2.24) is 19.5 Å². The average molecular weight is 323 g/mol. The standard InChI is InChI=1S/C17H17N5O2/c23-15(24)17(22-12-20-13-4-1-2-5-14(13)22)6-10-21(11-7-17)16-18-8-3-9-19-16/h1-5,8-9,12H,6-7,10-11H2,(H,23,24). The zero-order valence-electron chi connectivity index (χ0n) is 13.0. The maximum atomic E-state index is 12.2. The van der Waals surface area contributed by atoms with E-state index in [0.29, 0.717) is 31.9 Å². The van der Waals surface area contributed by atoms with Gasteiger partial charge in [-0.15, -0.1) is 0 Å². The highest BCUT2D eigenvalue weighted by Gasteiger charge is 2.44. The quantitative estimate of drug-likeness (QED) is 0.792. The molecule has 0 radical (unpaired) electrons. The van der Waals surface area contributed by atoms with E-state index in [1.807, 2.05) is 33.7 Å². The van der Waals surface area contributed by atoms with Crippen molar-refractivity contribution in [3.05, 3.63) is 49.1 Å². The van der Waals surface area contributed by atoms with Crippen LogP contribution in [0.15, 0.2) is 49.1 Å². The lowest BCUT2D eigenvalue weighted by molar-refractivity contribution is -0.148. The highest BCUT2D eigenvalue weighted by molar-refractivity contribution is 5.82. The third-order valence-corrected chi connectivity index (χ3v) is 4.74. The number of carboxylic acids is 1. The first kappa shape index (κ1) is 14.6. The van der Waals surface area contributed by atoms with Crippen molar-refractivity contribution in [1.29, 1.82) is 0 Å². The number of benzene rings is 1. The first-order chi connectivity index (χ1) is 11.7. The van der Waals surface area contributed by atoms with Crippen LogP contribution in [0.3, 0.4) is 0 Å². The molecule has 1 aliphatic heterocycles. The van der Waals surface area contributed by atoms with Crippen molar-refractivity contribution in [2.75, 3.05) is 18.0 Å². The molecule has 7 nitrogen and oxygen atoms in total. The van der Waals surface area contributed by atoms with E-state index in [-0.39, 0.29) is 0 Å². The second-order valence-corrected chi connectivity index (χ2v) is 5.98. The average Bonchev–Trinajstić information content (AvgIpc) is 3.07. The number of rotatable bonds is 3. The van der Waals surface area contributed by atoms with Crippen LogP contribution in [0.2, 0.25) is 0 Å². The molecule has 24 heavy (non-hydrogen) atoms. The third-order valence-electron chi connectivity index (χ3n) is 4.74. The maximum absolute atomic E-state index is 12.2. The van der Waals surface area contributed by atoms with E-state index in [1.165, 1.54) is 0 Å². The lowest BCUT2D eigenvalue weighted by Gasteiger charge is -2.39. The summed E-state index contributed by atoms with van der Waals surface area (Å²) in [7, 11) is 0. The van der Waals surface area contributed by atoms with Crippen LogP contribution < -0.4 is 4.90 Å². The Morgan fingerprint density at radius 1 is 1.04 bits per heavy atom. The SMILES string of the molecule is O=C(O)C1(n2cnc3ccccc32)CCN(c2ncccn2)CC1. The molecule has 4 rings (SSSR count). The van der Waals surface area contributed by atoms with E-state index in [9.17, 15) is 9.90 Å². The number of anilines is 1. The summed E-state index contributed by atoms with van der Waals surface area (Å²) in [6.07, 6.45) is 5.99. The second-order valence-electron chi connectivity index (χ2n) is 5.98. The van der Waals surface area contributed by atoms with Gasteiger partial charge in [0.1, 0.15) is 5.54 Å². The molecule has 7 heteroatoms. The molecule has 122 valence electrons. The fourth-order valence-corrected chi connectivity index (χ4v) is 3.39. The van der Waals surface area contributed by atoms with Gasteiger partial charge in [0.15, 0.2) is 0 Å². The van der Waals surface area contributed by atoms with Crippen LogP contribution in [0, 0.1) is 0 Å². The van der Waals surface area contributed by atoms with Gasteiger partial charge in [-0.05, 0) is 31.0 Å². The minimum absolute atomic E-state index is 0.473. The molecule has 1 aliphatic rings. The smallest absolute Gasteiger partial charge is 0.330 e. The van der Waals surface area contributed by atoms with Gasteiger partial charge in [-0.25, -0.2) is 19.7 Å². The molecule has 1 aromatic carbocycles. The number of nitrogens with zero attached hydrogens (tertiary/aromatic N) is 5. The Kier molecular flexibility index (Phi) is 3.41. The number of carbonyl (C=O) groups is 1. The van der Waals surface area contributed by atoms with Crippen molar-refractivity contribution in [3.8, 4) is 0 Å². The molecule has 0 saturated carbocycles. The van der Waals surface area contributed by atoms with Gasteiger partial charge in [-0.1, -0.05) is 12.1 Å². The molecule has 0 bridgehead atoms. The Hall–Kier alpha value is -2.96. The number of para-hydroxylation sites is 2. The van der Waals surface area contributed by atoms with Gasteiger partial charge in [0.25, 0.3) is 0 Å². The summed E-state index contributed by atoms with van der Waals surface area (Å²) in [6, 6.07) is 9.39. The summed E-state index contributed by atoms with van der Waals surface area (Å²) in [4.78, 5) is 27.1. The monoisotopic (exact) mass is 323 g/mol. The zero-order chi connectivity index (χ0) is 16.6. The highest BCUT2D eigenvalue weighted by atomic mass is 16.4. The van der Waals surface area contributed by atoms with E-state index in [1.54, 1.807) is 24.8 Å². The van der Waals surface area contributed by atoms with Crippen LogP contribution in [-0.4, -0.2) is 43.7 Å². The first-order valence-corrected chi connectivity index (χ1v) is 7.89. The van der Waals surface area contributed by atoms with Crippen LogP contribution in [0.4, 0.5) is 5.95 Å². The molecule has 0 spiro atoms. The summed E-state index contributed by atoms with van der Waals surface area (Å²) in [6.45, 7) is 1.17. The van der Waals surface area contributed by atoms with Crippen molar-refractivity contribution >= 4 is 23.0 Å². The largest absolute Gasteiger partial charge is 0.479 e. The fraction of sp³-hybridized carbons (Fsp3) is 0.294. The van der Waals surface area contributed by atoms with Crippen molar-refractivity contribution in [2.45, 2.75) is 18.4 Å². The molecule has 1 fully saturated rings. The normalized spacial score (nSPS) is 17.1. The van der Waals surface area contributed by atoms with Gasteiger partial charge in [0, 0.05) is 25.5 Å². The van der Waals surface area contributed by atoms with E-state index in [2.05, 4.69) is 15.0 Å². The summed E-state index contributed by atoms with van der Waals surface area (Å²) in [5.74, 6) is -0.175. The molecule has 0 aliphatic carbocycles. The minimum atomic E-state index is -0.985.